The van der Waals surface area contributed by atoms with Gasteiger partial charge in [0.05, 0.1) is 0 Å². The summed E-state index contributed by atoms with van der Waals surface area (Å²) in [6.07, 6.45) is 3.92. The SMILES string of the molecule is CC1CC(C)(C)CCC1N[C@@H](C)c1ccc(Cl)cc1. The standard InChI is InChI=1S/C17H26ClN/c1-12-11-17(3,4)10-9-16(12)19-13(2)14-5-7-15(18)8-6-14/h5-8,12-13,16,19H,9-11H2,1-4H3/t12?,13-,16?/m0/s1. The van der Waals surface area contributed by atoms with E-state index in [-0.39, 0.29) is 0 Å². The Morgan fingerprint density at radius 3 is 2.47 bits per heavy atom. The van der Waals surface area contributed by atoms with Gasteiger partial charge in [0.15, 0.2) is 0 Å². The lowest BCUT2D eigenvalue weighted by Gasteiger charge is -2.40. The van der Waals surface area contributed by atoms with Crippen molar-refractivity contribution in [2.45, 2.75) is 59.0 Å². The maximum Gasteiger partial charge on any atom is 0.0406 e. The third-order valence-corrected chi connectivity index (χ3v) is 4.78. The maximum atomic E-state index is 5.94. The molecule has 1 aliphatic carbocycles. The zero-order valence-electron chi connectivity index (χ0n) is 12.5. The van der Waals surface area contributed by atoms with Crippen molar-refractivity contribution in [3.05, 3.63) is 34.9 Å². The molecule has 0 radical (unpaired) electrons. The summed E-state index contributed by atoms with van der Waals surface area (Å²) >= 11 is 5.94. The van der Waals surface area contributed by atoms with Crippen molar-refractivity contribution < 1.29 is 0 Å². The predicted molar refractivity (Wildman–Crippen MR) is 83.6 cm³/mol. The Kier molecular flexibility index (Phi) is 4.58. The molecule has 0 spiro atoms. The van der Waals surface area contributed by atoms with Crippen molar-refractivity contribution in [2.75, 3.05) is 0 Å². The van der Waals surface area contributed by atoms with Crippen LogP contribution in [-0.4, -0.2) is 6.04 Å². The van der Waals surface area contributed by atoms with Gasteiger partial charge >= 0.3 is 0 Å². The molecule has 2 unspecified atom stereocenters. The summed E-state index contributed by atoms with van der Waals surface area (Å²) in [6, 6.07) is 9.23. The summed E-state index contributed by atoms with van der Waals surface area (Å²) in [5, 5.41) is 4.61. The van der Waals surface area contributed by atoms with Gasteiger partial charge in [0.1, 0.15) is 0 Å². The number of hydrogen-bond donors (Lipinski definition) is 1. The smallest absolute Gasteiger partial charge is 0.0406 e. The molecule has 1 N–H and O–H groups in total. The summed E-state index contributed by atoms with van der Waals surface area (Å²) in [5.74, 6) is 0.749. The Balaban J connectivity index is 1.96. The van der Waals surface area contributed by atoms with E-state index < -0.39 is 0 Å². The van der Waals surface area contributed by atoms with Crippen LogP contribution in [-0.2, 0) is 0 Å². The molecule has 0 heterocycles. The molecular weight excluding hydrogens is 254 g/mol. The summed E-state index contributed by atoms with van der Waals surface area (Å²) in [6.45, 7) is 9.41. The first-order valence-electron chi connectivity index (χ1n) is 7.39. The highest BCUT2D eigenvalue weighted by molar-refractivity contribution is 6.30. The number of benzene rings is 1. The first kappa shape index (κ1) is 14.9. The minimum atomic E-state index is 0.394. The highest BCUT2D eigenvalue weighted by atomic mass is 35.5. The lowest BCUT2D eigenvalue weighted by Crippen LogP contribution is -2.42. The molecule has 0 saturated heterocycles. The second-order valence-electron chi connectivity index (χ2n) is 6.93. The van der Waals surface area contributed by atoms with Crippen LogP contribution in [0.2, 0.25) is 5.02 Å². The summed E-state index contributed by atoms with van der Waals surface area (Å²) < 4.78 is 0. The molecule has 3 atom stereocenters. The fourth-order valence-corrected chi connectivity index (χ4v) is 3.49. The van der Waals surface area contributed by atoms with Gasteiger partial charge in [-0.1, -0.05) is 44.5 Å². The Hall–Kier alpha value is -0.530. The average molecular weight is 280 g/mol. The fourth-order valence-electron chi connectivity index (χ4n) is 3.36. The number of hydrogen-bond acceptors (Lipinski definition) is 1. The first-order valence-corrected chi connectivity index (χ1v) is 7.77. The lowest BCUT2D eigenvalue weighted by atomic mass is 9.70. The van der Waals surface area contributed by atoms with Gasteiger partial charge in [-0.05, 0) is 55.2 Å². The molecule has 1 aromatic rings. The Morgan fingerprint density at radius 2 is 1.89 bits per heavy atom. The molecule has 106 valence electrons. The lowest BCUT2D eigenvalue weighted by molar-refractivity contribution is 0.143. The zero-order chi connectivity index (χ0) is 14.0. The van der Waals surface area contributed by atoms with Crippen molar-refractivity contribution in [3.63, 3.8) is 0 Å². The minimum absolute atomic E-state index is 0.394. The molecule has 2 rings (SSSR count). The number of nitrogens with one attached hydrogen (secondary N) is 1. The van der Waals surface area contributed by atoms with Crippen LogP contribution in [0.15, 0.2) is 24.3 Å². The van der Waals surface area contributed by atoms with Crippen molar-refractivity contribution in [1.82, 2.24) is 5.32 Å². The molecule has 1 nitrogen and oxygen atoms in total. The highest BCUT2D eigenvalue weighted by Gasteiger charge is 2.32. The predicted octanol–water partition coefficient (Wildman–Crippen LogP) is 5.21. The molecule has 19 heavy (non-hydrogen) atoms. The van der Waals surface area contributed by atoms with E-state index in [0.29, 0.717) is 17.5 Å². The van der Waals surface area contributed by atoms with Gasteiger partial charge in [-0.3, -0.25) is 0 Å². The van der Waals surface area contributed by atoms with Crippen LogP contribution in [0.5, 0.6) is 0 Å². The van der Waals surface area contributed by atoms with Crippen LogP contribution < -0.4 is 5.32 Å². The maximum absolute atomic E-state index is 5.94. The molecule has 0 bridgehead atoms. The third kappa shape index (κ3) is 3.97. The Bertz CT molecular complexity index is 410. The minimum Gasteiger partial charge on any atom is -0.307 e. The summed E-state index contributed by atoms with van der Waals surface area (Å²) in [5.41, 5.74) is 1.84. The van der Waals surface area contributed by atoms with E-state index >= 15 is 0 Å². The monoisotopic (exact) mass is 279 g/mol. The van der Waals surface area contributed by atoms with E-state index in [9.17, 15) is 0 Å². The van der Waals surface area contributed by atoms with Crippen molar-refractivity contribution in [3.8, 4) is 0 Å². The van der Waals surface area contributed by atoms with Crippen molar-refractivity contribution in [2.24, 2.45) is 11.3 Å². The van der Waals surface area contributed by atoms with Crippen LogP contribution >= 0.6 is 11.6 Å². The largest absolute Gasteiger partial charge is 0.307 e. The van der Waals surface area contributed by atoms with E-state index in [2.05, 4.69) is 45.1 Å². The van der Waals surface area contributed by atoms with Gasteiger partial charge in [-0.15, -0.1) is 0 Å². The molecule has 1 saturated carbocycles. The molecule has 2 heteroatoms. The van der Waals surface area contributed by atoms with E-state index in [1.54, 1.807) is 0 Å². The van der Waals surface area contributed by atoms with Gasteiger partial charge in [0.25, 0.3) is 0 Å². The molecule has 0 aliphatic heterocycles. The normalized spacial score (nSPS) is 28.1. The molecule has 0 amide bonds. The van der Waals surface area contributed by atoms with Gasteiger partial charge in [-0.25, -0.2) is 0 Å². The molecule has 0 aromatic heterocycles. The topological polar surface area (TPSA) is 12.0 Å². The summed E-state index contributed by atoms with van der Waals surface area (Å²) in [7, 11) is 0. The third-order valence-electron chi connectivity index (χ3n) is 4.53. The van der Waals surface area contributed by atoms with E-state index in [1.165, 1.54) is 24.8 Å². The van der Waals surface area contributed by atoms with Crippen molar-refractivity contribution in [1.29, 1.82) is 0 Å². The second kappa shape index (κ2) is 5.85. The second-order valence-corrected chi connectivity index (χ2v) is 7.37. The molecule has 1 aromatic carbocycles. The highest BCUT2D eigenvalue weighted by Crippen LogP contribution is 2.39. The van der Waals surface area contributed by atoms with E-state index in [4.69, 9.17) is 11.6 Å². The average Bonchev–Trinajstić information content (AvgIpc) is 2.33. The Morgan fingerprint density at radius 1 is 1.26 bits per heavy atom. The van der Waals surface area contributed by atoms with E-state index in [0.717, 1.165) is 10.9 Å². The molecular formula is C17H26ClN. The molecule has 1 aliphatic rings. The van der Waals surface area contributed by atoms with Gasteiger partial charge in [0.2, 0.25) is 0 Å². The van der Waals surface area contributed by atoms with Crippen LogP contribution in [0.3, 0.4) is 0 Å². The fraction of sp³-hybridized carbons (Fsp3) is 0.647. The van der Waals surface area contributed by atoms with Crippen LogP contribution in [0.25, 0.3) is 0 Å². The molecule has 1 fully saturated rings. The van der Waals surface area contributed by atoms with Gasteiger partial charge in [0, 0.05) is 17.1 Å². The van der Waals surface area contributed by atoms with Crippen molar-refractivity contribution >= 4 is 11.6 Å². The van der Waals surface area contributed by atoms with Crippen LogP contribution in [0.1, 0.15) is 58.6 Å². The van der Waals surface area contributed by atoms with E-state index in [1.807, 2.05) is 12.1 Å². The van der Waals surface area contributed by atoms with Gasteiger partial charge in [-0.2, -0.15) is 0 Å². The zero-order valence-corrected chi connectivity index (χ0v) is 13.3. The summed E-state index contributed by atoms with van der Waals surface area (Å²) in [4.78, 5) is 0. The van der Waals surface area contributed by atoms with Gasteiger partial charge < -0.3 is 5.32 Å². The quantitative estimate of drug-likeness (QED) is 0.801. The van der Waals surface area contributed by atoms with Crippen LogP contribution in [0.4, 0.5) is 0 Å². The number of rotatable bonds is 3. The number of halogens is 1. The Labute approximate surface area is 122 Å². The van der Waals surface area contributed by atoms with Crippen LogP contribution in [0, 0.1) is 11.3 Å². The first-order chi connectivity index (χ1) is 8.87.